The number of nitrogens with zero attached hydrogens (tertiary/aromatic N) is 1. The smallest absolute Gasteiger partial charge is 0.253 e. The fraction of sp³-hybridized carbons (Fsp3) is 0.350. The van der Waals surface area contributed by atoms with Crippen LogP contribution in [-0.4, -0.2) is 35.6 Å². The fourth-order valence-electron chi connectivity index (χ4n) is 3.17. The molecule has 0 radical (unpaired) electrons. The van der Waals surface area contributed by atoms with Crippen LogP contribution < -0.4 is 5.73 Å². The molecule has 0 unspecified atom stereocenters. The molecule has 1 saturated heterocycles. The topological polar surface area (TPSA) is 80.5 Å². The van der Waals surface area contributed by atoms with Crippen LogP contribution in [0.5, 0.6) is 0 Å². The van der Waals surface area contributed by atoms with E-state index in [1.54, 1.807) is 17.0 Å². The molecule has 2 heterocycles. The summed E-state index contributed by atoms with van der Waals surface area (Å²) >= 11 is 1.47. The predicted octanol–water partition coefficient (Wildman–Crippen LogP) is 3.35. The number of primary amides is 1. The summed E-state index contributed by atoms with van der Waals surface area (Å²) in [6.07, 6.45) is 2.03. The van der Waals surface area contributed by atoms with Crippen molar-refractivity contribution in [2.24, 2.45) is 11.7 Å². The van der Waals surface area contributed by atoms with Crippen molar-refractivity contribution in [3.63, 3.8) is 0 Å². The zero-order valence-electron chi connectivity index (χ0n) is 14.7. The molecule has 0 aliphatic carbocycles. The highest BCUT2D eigenvalue weighted by Gasteiger charge is 2.27. The highest BCUT2D eigenvalue weighted by molar-refractivity contribution is 7.17. The Hall–Kier alpha value is -2.47. The minimum Gasteiger partial charge on any atom is -0.369 e. The maximum atomic E-state index is 12.7. The van der Waals surface area contributed by atoms with Gasteiger partial charge in [-0.3, -0.25) is 14.4 Å². The zero-order chi connectivity index (χ0) is 18.7. The van der Waals surface area contributed by atoms with E-state index in [2.05, 4.69) is 0 Å². The third kappa shape index (κ3) is 3.85. The molecule has 136 valence electrons. The van der Waals surface area contributed by atoms with Gasteiger partial charge in [-0.2, -0.15) is 0 Å². The molecule has 2 amide bonds. The van der Waals surface area contributed by atoms with E-state index < -0.39 is 0 Å². The second kappa shape index (κ2) is 7.83. The van der Waals surface area contributed by atoms with Gasteiger partial charge in [-0.25, -0.2) is 0 Å². The second-order valence-electron chi connectivity index (χ2n) is 6.51. The number of hydrogen-bond donors (Lipinski definition) is 1. The van der Waals surface area contributed by atoms with E-state index in [-0.39, 0.29) is 23.5 Å². The molecule has 1 fully saturated rings. The lowest BCUT2D eigenvalue weighted by molar-refractivity contribution is -0.123. The third-order valence-electron chi connectivity index (χ3n) is 4.73. The standard InChI is InChI=1S/C20H22N2O3S/c1-2-16(23)18-10-9-17(26-18)13-5-7-14(8-6-13)20(25)22-11-3-4-15(12-22)19(21)24/h5-10,15H,2-4,11-12H2,1H3,(H2,21,24)/t15-/m1/s1. The molecule has 2 aromatic rings. The number of thiophene rings is 1. The van der Waals surface area contributed by atoms with E-state index in [9.17, 15) is 14.4 Å². The maximum absolute atomic E-state index is 12.7. The molecule has 0 bridgehead atoms. The van der Waals surface area contributed by atoms with Crippen LogP contribution in [0.1, 0.15) is 46.2 Å². The van der Waals surface area contributed by atoms with Gasteiger partial charge in [0.1, 0.15) is 0 Å². The Bertz CT molecular complexity index is 826. The molecular weight excluding hydrogens is 348 g/mol. The van der Waals surface area contributed by atoms with Gasteiger partial charge in [-0.1, -0.05) is 19.1 Å². The van der Waals surface area contributed by atoms with Gasteiger partial charge in [0, 0.05) is 30.0 Å². The molecule has 5 nitrogen and oxygen atoms in total. The average Bonchev–Trinajstić information content (AvgIpc) is 3.17. The Morgan fingerprint density at radius 2 is 1.88 bits per heavy atom. The molecule has 1 atom stereocenters. The minimum absolute atomic E-state index is 0.0736. The van der Waals surface area contributed by atoms with E-state index in [0.717, 1.165) is 28.2 Å². The van der Waals surface area contributed by atoms with Crippen LogP contribution in [0.3, 0.4) is 0 Å². The van der Waals surface area contributed by atoms with Crippen LogP contribution in [0.4, 0.5) is 0 Å². The highest BCUT2D eigenvalue weighted by Crippen LogP contribution is 2.29. The summed E-state index contributed by atoms with van der Waals surface area (Å²) < 4.78 is 0. The van der Waals surface area contributed by atoms with E-state index >= 15 is 0 Å². The number of nitrogens with two attached hydrogens (primary N) is 1. The summed E-state index contributed by atoms with van der Waals surface area (Å²) in [5, 5.41) is 0. The van der Waals surface area contributed by atoms with Gasteiger partial charge in [0.05, 0.1) is 10.8 Å². The Balaban J connectivity index is 1.73. The fourth-order valence-corrected chi connectivity index (χ4v) is 4.19. The Morgan fingerprint density at radius 3 is 2.54 bits per heavy atom. The number of rotatable bonds is 5. The lowest BCUT2D eigenvalue weighted by atomic mass is 9.97. The molecule has 1 aliphatic heterocycles. The van der Waals surface area contributed by atoms with E-state index in [1.165, 1.54) is 11.3 Å². The number of ketones is 1. The number of carbonyl (C=O) groups excluding carboxylic acids is 3. The van der Waals surface area contributed by atoms with E-state index in [0.29, 0.717) is 25.1 Å². The lowest BCUT2D eigenvalue weighted by Crippen LogP contribution is -2.44. The maximum Gasteiger partial charge on any atom is 0.253 e. The summed E-state index contributed by atoms with van der Waals surface area (Å²) in [6, 6.07) is 11.2. The lowest BCUT2D eigenvalue weighted by Gasteiger charge is -2.31. The highest BCUT2D eigenvalue weighted by atomic mass is 32.1. The Morgan fingerprint density at radius 1 is 1.15 bits per heavy atom. The van der Waals surface area contributed by atoms with Gasteiger partial charge in [0.2, 0.25) is 5.91 Å². The SMILES string of the molecule is CCC(=O)c1ccc(-c2ccc(C(=O)N3CCC[C@@H](C(N)=O)C3)cc2)s1. The summed E-state index contributed by atoms with van der Waals surface area (Å²) in [5.74, 6) is -0.529. The molecule has 1 aromatic carbocycles. The first-order valence-corrected chi connectivity index (χ1v) is 9.63. The monoisotopic (exact) mass is 370 g/mol. The van der Waals surface area contributed by atoms with Gasteiger partial charge in [-0.15, -0.1) is 11.3 Å². The largest absolute Gasteiger partial charge is 0.369 e. The molecule has 0 spiro atoms. The summed E-state index contributed by atoms with van der Waals surface area (Å²) in [7, 11) is 0. The van der Waals surface area contributed by atoms with Gasteiger partial charge < -0.3 is 10.6 Å². The number of piperidine rings is 1. The Labute approximate surface area is 156 Å². The average molecular weight is 370 g/mol. The van der Waals surface area contributed by atoms with Crippen molar-refractivity contribution in [2.75, 3.05) is 13.1 Å². The van der Waals surface area contributed by atoms with Crippen molar-refractivity contribution < 1.29 is 14.4 Å². The van der Waals surface area contributed by atoms with Crippen LogP contribution in [0.15, 0.2) is 36.4 Å². The number of hydrogen-bond acceptors (Lipinski definition) is 4. The van der Waals surface area contributed by atoms with E-state index in [1.807, 2.05) is 31.2 Å². The van der Waals surface area contributed by atoms with Crippen molar-refractivity contribution in [2.45, 2.75) is 26.2 Å². The van der Waals surface area contributed by atoms with Gasteiger partial charge in [0.15, 0.2) is 5.78 Å². The first kappa shape index (κ1) is 18.3. The molecule has 26 heavy (non-hydrogen) atoms. The van der Waals surface area contributed by atoms with Gasteiger partial charge in [-0.05, 0) is 42.7 Å². The molecular formula is C20H22N2O3S. The molecule has 2 N–H and O–H groups in total. The molecule has 1 aliphatic rings. The molecule has 6 heteroatoms. The van der Waals surface area contributed by atoms with Crippen molar-refractivity contribution in [1.29, 1.82) is 0 Å². The van der Waals surface area contributed by atoms with Crippen molar-refractivity contribution in [3.05, 3.63) is 46.8 Å². The first-order valence-electron chi connectivity index (χ1n) is 8.81. The van der Waals surface area contributed by atoms with Crippen LogP contribution in [0.2, 0.25) is 0 Å². The Kier molecular flexibility index (Phi) is 5.52. The van der Waals surface area contributed by atoms with Crippen LogP contribution in [0, 0.1) is 5.92 Å². The van der Waals surface area contributed by atoms with Crippen LogP contribution in [-0.2, 0) is 4.79 Å². The predicted molar refractivity (Wildman–Crippen MR) is 102 cm³/mol. The molecule has 0 saturated carbocycles. The summed E-state index contributed by atoms with van der Waals surface area (Å²) in [5.41, 5.74) is 6.97. The van der Waals surface area contributed by atoms with Crippen molar-refractivity contribution in [3.8, 4) is 10.4 Å². The normalized spacial score (nSPS) is 17.1. The number of benzene rings is 1. The van der Waals surface area contributed by atoms with Crippen molar-refractivity contribution in [1.82, 2.24) is 4.90 Å². The zero-order valence-corrected chi connectivity index (χ0v) is 15.6. The number of Topliss-reactive ketones (excluding diaryl/α,β-unsaturated/α-hetero) is 1. The van der Waals surface area contributed by atoms with Gasteiger partial charge in [0.25, 0.3) is 5.91 Å². The van der Waals surface area contributed by atoms with Crippen LogP contribution >= 0.6 is 11.3 Å². The number of carbonyl (C=O) groups is 3. The first-order chi connectivity index (χ1) is 12.5. The number of likely N-dealkylation sites (tertiary alicyclic amines) is 1. The second-order valence-corrected chi connectivity index (χ2v) is 7.59. The van der Waals surface area contributed by atoms with Crippen LogP contribution in [0.25, 0.3) is 10.4 Å². The minimum atomic E-state index is -0.340. The summed E-state index contributed by atoms with van der Waals surface area (Å²) in [6.45, 7) is 2.90. The van der Waals surface area contributed by atoms with Crippen molar-refractivity contribution >= 4 is 28.9 Å². The molecule has 1 aromatic heterocycles. The van der Waals surface area contributed by atoms with E-state index in [4.69, 9.17) is 5.73 Å². The number of amides is 2. The third-order valence-corrected chi connectivity index (χ3v) is 5.90. The quantitative estimate of drug-likeness (QED) is 0.820. The summed E-state index contributed by atoms with van der Waals surface area (Å²) in [4.78, 5) is 39.3. The van der Waals surface area contributed by atoms with Gasteiger partial charge >= 0.3 is 0 Å². The molecule has 3 rings (SSSR count).